The van der Waals surface area contributed by atoms with E-state index in [1.165, 1.54) is 16.6 Å². The Balaban J connectivity index is 1.40. The largest absolute Gasteiger partial charge is 0.454 e. The number of ketones is 1. The topological polar surface area (TPSA) is 70.4 Å². The van der Waals surface area contributed by atoms with E-state index in [-0.39, 0.29) is 23.9 Å². The van der Waals surface area contributed by atoms with Crippen molar-refractivity contribution in [2.45, 2.75) is 37.8 Å². The summed E-state index contributed by atoms with van der Waals surface area (Å²) in [4.78, 5) is 33.8. The first-order valence-electron chi connectivity index (χ1n) is 11.3. The molecule has 0 amide bonds. The van der Waals surface area contributed by atoms with Crippen molar-refractivity contribution in [3.8, 4) is 17.2 Å². The number of hydrogen-bond acceptors (Lipinski definition) is 7. The minimum absolute atomic E-state index is 0.0497. The van der Waals surface area contributed by atoms with Crippen LogP contribution in [0.1, 0.15) is 39.2 Å². The van der Waals surface area contributed by atoms with Crippen LogP contribution in [0.25, 0.3) is 15.9 Å². The molecule has 4 aromatic rings. The SMILES string of the molecule is Cc1ccc(-n2c(SCC(=O)c3ccc4c(c3)OCO4)nc3sc4c(c3c2=O)CCCC4)cc1. The molecule has 6 rings (SSSR count). The number of fused-ring (bicyclic) bond motifs is 4. The molecule has 1 aliphatic heterocycles. The van der Waals surface area contributed by atoms with Crippen molar-refractivity contribution in [3.63, 3.8) is 0 Å². The summed E-state index contributed by atoms with van der Waals surface area (Å²) in [6.07, 6.45) is 4.18. The summed E-state index contributed by atoms with van der Waals surface area (Å²) in [5.41, 5.74) is 3.54. The van der Waals surface area contributed by atoms with Gasteiger partial charge in [0.1, 0.15) is 4.83 Å². The third-order valence-electron chi connectivity index (χ3n) is 6.28. The fourth-order valence-corrected chi connectivity index (χ4v) is 6.70. The van der Waals surface area contributed by atoms with E-state index in [4.69, 9.17) is 14.5 Å². The van der Waals surface area contributed by atoms with Gasteiger partial charge in [-0.15, -0.1) is 11.3 Å². The maximum absolute atomic E-state index is 13.8. The monoisotopic (exact) mass is 490 g/mol. The molecule has 3 heterocycles. The molecule has 8 heteroatoms. The van der Waals surface area contributed by atoms with Crippen LogP contribution in [0.15, 0.2) is 52.4 Å². The Morgan fingerprint density at radius 2 is 1.88 bits per heavy atom. The fraction of sp³-hybridized carbons (Fsp3) is 0.269. The second-order valence-corrected chi connectivity index (χ2v) is 10.6. The number of aryl methyl sites for hydroxylation is 3. The van der Waals surface area contributed by atoms with Crippen LogP contribution in [0.2, 0.25) is 0 Å². The summed E-state index contributed by atoms with van der Waals surface area (Å²) in [6, 6.07) is 13.1. The molecular weight excluding hydrogens is 468 g/mol. The van der Waals surface area contributed by atoms with Crippen molar-refractivity contribution in [2.24, 2.45) is 0 Å². The lowest BCUT2D eigenvalue weighted by molar-refractivity contribution is 0.102. The number of hydrogen-bond donors (Lipinski definition) is 0. The highest BCUT2D eigenvalue weighted by molar-refractivity contribution is 7.99. The minimum atomic E-state index is -0.0569. The number of Topliss-reactive ketones (excluding diaryl/α,β-unsaturated/α-hetero) is 1. The lowest BCUT2D eigenvalue weighted by Gasteiger charge is -2.14. The number of thioether (sulfide) groups is 1. The third-order valence-corrected chi connectivity index (χ3v) is 8.40. The first-order chi connectivity index (χ1) is 16.6. The molecule has 6 nitrogen and oxygen atoms in total. The predicted molar refractivity (Wildman–Crippen MR) is 134 cm³/mol. The second-order valence-electron chi connectivity index (χ2n) is 8.54. The van der Waals surface area contributed by atoms with Crippen LogP contribution in [-0.4, -0.2) is 27.9 Å². The standard InChI is InChI=1S/C26H22N2O4S2/c1-15-6-9-17(10-7-15)28-25(30)23-18-4-2-3-5-22(18)34-24(23)27-26(28)33-13-19(29)16-8-11-20-21(12-16)32-14-31-20/h6-12H,2-5,13-14H2,1H3. The maximum atomic E-state index is 13.8. The molecule has 0 saturated carbocycles. The zero-order valence-electron chi connectivity index (χ0n) is 18.6. The van der Waals surface area contributed by atoms with Gasteiger partial charge in [0, 0.05) is 10.4 Å². The van der Waals surface area contributed by atoms with E-state index >= 15 is 0 Å². The number of carbonyl (C=O) groups excluding carboxylic acids is 1. The molecule has 34 heavy (non-hydrogen) atoms. The highest BCUT2D eigenvalue weighted by Crippen LogP contribution is 2.36. The first kappa shape index (κ1) is 21.4. The van der Waals surface area contributed by atoms with Crippen LogP contribution < -0.4 is 15.0 Å². The van der Waals surface area contributed by atoms with Crippen LogP contribution in [0, 0.1) is 6.92 Å². The molecule has 172 valence electrons. The average molecular weight is 491 g/mol. The molecule has 0 atom stereocenters. The number of aromatic nitrogens is 2. The lowest BCUT2D eigenvalue weighted by Crippen LogP contribution is -2.22. The van der Waals surface area contributed by atoms with Crippen LogP contribution >= 0.6 is 23.1 Å². The van der Waals surface area contributed by atoms with Crippen molar-refractivity contribution in [1.29, 1.82) is 0 Å². The molecule has 0 saturated heterocycles. The summed E-state index contributed by atoms with van der Waals surface area (Å²) < 4.78 is 12.4. The van der Waals surface area contributed by atoms with E-state index in [1.807, 2.05) is 31.2 Å². The summed E-state index contributed by atoms with van der Waals surface area (Å²) in [7, 11) is 0. The molecule has 0 spiro atoms. The number of ether oxygens (including phenoxy) is 2. The van der Waals surface area contributed by atoms with Gasteiger partial charge >= 0.3 is 0 Å². The fourth-order valence-electron chi connectivity index (χ4n) is 4.49. The molecule has 2 aliphatic rings. The van der Waals surface area contributed by atoms with Gasteiger partial charge in [-0.1, -0.05) is 29.5 Å². The Labute approximate surface area is 204 Å². The van der Waals surface area contributed by atoms with Crippen LogP contribution in [0.5, 0.6) is 11.5 Å². The van der Waals surface area contributed by atoms with Gasteiger partial charge in [0.25, 0.3) is 5.56 Å². The number of rotatable bonds is 5. The Bertz CT molecular complexity index is 1490. The van der Waals surface area contributed by atoms with Crippen LogP contribution in [0.3, 0.4) is 0 Å². The zero-order chi connectivity index (χ0) is 23.2. The smallest absolute Gasteiger partial charge is 0.267 e. The van der Waals surface area contributed by atoms with Gasteiger partial charge in [-0.25, -0.2) is 4.98 Å². The summed E-state index contributed by atoms with van der Waals surface area (Å²) >= 11 is 2.92. The molecular formula is C26H22N2O4S2. The highest BCUT2D eigenvalue weighted by Gasteiger charge is 2.24. The number of thiophene rings is 1. The molecule has 0 bridgehead atoms. The maximum Gasteiger partial charge on any atom is 0.267 e. The van der Waals surface area contributed by atoms with Gasteiger partial charge in [-0.3, -0.25) is 14.2 Å². The average Bonchev–Trinajstić information content (AvgIpc) is 3.47. The summed E-state index contributed by atoms with van der Waals surface area (Å²) in [5, 5.41) is 1.28. The Morgan fingerprint density at radius 3 is 2.74 bits per heavy atom. The highest BCUT2D eigenvalue weighted by atomic mass is 32.2. The van der Waals surface area contributed by atoms with Gasteiger partial charge in [0.2, 0.25) is 6.79 Å². The third kappa shape index (κ3) is 3.71. The van der Waals surface area contributed by atoms with Crippen molar-refractivity contribution in [1.82, 2.24) is 9.55 Å². The van der Waals surface area contributed by atoms with E-state index in [9.17, 15) is 9.59 Å². The van der Waals surface area contributed by atoms with E-state index in [1.54, 1.807) is 34.1 Å². The predicted octanol–water partition coefficient (Wildman–Crippen LogP) is 5.34. The number of carbonyl (C=O) groups is 1. The van der Waals surface area contributed by atoms with Gasteiger partial charge in [-0.2, -0.15) is 0 Å². The molecule has 2 aromatic carbocycles. The van der Waals surface area contributed by atoms with E-state index in [0.717, 1.165) is 52.7 Å². The van der Waals surface area contributed by atoms with Gasteiger partial charge in [-0.05, 0) is 68.5 Å². The van der Waals surface area contributed by atoms with Crippen molar-refractivity contribution < 1.29 is 14.3 Å². The summed E-state index contributed by atoms with van der Waals surface area (Å²) in [6.45, 7) is 2.18. The van der Waals surface area contributed by atoms with Crippen molar-refractivity contribution in [3.05, 3.63) is 74.4 Å². The molecule has 0 radical (unpaired) electrons. The van der Waals surface area contributed by atoms with Crippen LogP contribution in [0.4, 0.5) is 0 Å². The van der Waals surface area contributed by atoms with Gasteiger partial charge in [0.15, 0.2) is 22.4 Å². The van der Waals surface area contributed by atoms with Crippen molar-refractivity contribution >= 4 is 39.1 Å². The number of nitrogens with zero attached hydrogens (tertiary/aromatic N) is 2. The van der Waals surface area contributed by atoms with Gasteiger partial charge < -0.3 is 9.47 Å². The van der Waals surface area contributed by atoms with Crippen LogP contribution in [-0.2, 0) is 12.8 Å². The Kier molecular flexibility index (Phi) is 5.42. The second kappa shape index (κ2) is 8.60. The van der Waals surface area contributed by atoms with E-state index in [2.05, 4.69) is 0 Å². The quantitative estimate of drug-likeness (QED) is 0.214. The van der Waals surface area contributed by atoms with E-state index < -0.39 is 0 Å². The summed E-state index contributed by atoms with van der Waals surface area (Å²) in [5.74, 6) is 1.33. The lowest BCUT2D eigenvalue weighted by atomic mass is 9.97. The molecule has 0 fully saturated rings. The molecule has 0 N–H and O–H groups in total. The van der Waals surface area contributed by atoms with Crippen molar-refractivity contribution in [2.75, 3.05) is 12.5 Å². The molecule has 2 aromatic heterocycles. The Morgan fingerprint density at radius 1 is 1.09 bits per heavy atom. The minimum Gasteiger partial charge on any atom is -0.454 e. The Hall–Kier alpha value is -3.10. The normalized spacial score (nSPS) is 14.4. The van der Waals surface area contributed by atoms with Gasteiger partial charge in [0.05, 0.1) is 16.8 Å². The molecule has 0 unspecified atom stereocenters. The number of benzene rings is 2. The van der Waals surface area contributed by atoms with E-state index in [0.29, 0.717) is 22.2 Å². The zero-order valence-corrected chi connectivity index (χ0v) is 20.3. The first-order valence-corrected chi connectivity index (χ1v) is 13.1. The molecule has 1 aliphatic carbocycles.